The summed E-state index contributed by atoms with van der Waals surface area (Å²) in [4.78, 5) is 4.39. The summed E-state index contributed by atoms with van der Waals surface area (Å²) in [5, 5.41) is 17.5. The van der Waals surface area contributed by atoms with E-state index < -0.39 is 12.1 Å². The van der Waals surface area contributed by atoms with Crippen molar-refractivity contribution in [3.63, 3.8) is 0 Å². The SMILES string of the molecule is CC1(C)OC2CN=C(CCCC(O)O)C2O1. The molecule has 0 aliphatic carbocycles. The Bertz CT molecular complexity index is 288. The fraction of sp³-hybridized carbons (Fsp3) is 0.909. The smallest absolute Gasteiger partial charge is 0.164 e. The Morgan fingerprint density at radius 3 is 2.88 bits per heavy atom. The number of fused-ring (bicyclic) bond motifs is 1. The number of ether oxygens (including phenoxy) is 2. The van der Waals surface area contributed by atoms with E-state index in [0.29, 0.717) is 19.4 Å². The van der Waals surface area contributed by atoms with Gasteiger partial charge in [0.05, 0.1) is 6.54 Å². The Morgan fingerprint density at radius 1 is 1.44 bits per heavy atom. The first kappa shape index (κ1) is 12.0. The van der Waals surface area contributed by atoms with Crippen LogP contribution < -0.4 is 0 Å². The Morgan fingerprint density at radius 2 is 2.19 bits per heavy atom. The molecule has 0 aromatic carbocycles. The Hall–Kier alpha value is -0.490. The van der Waals surface area contributed by atoms with Crippen molar-refractivity contribution < 1.29 is 19.7 Å². The predicted molar refractivity (Wildman–Crippen MR) is 58.2 cm³/mol. The molecule has 2 aliphatic rings. The largest absolute Gasteiger partial charge is 0.368 e. The molecule has 2 aliphatic heterocycles. The van der Waals surface area contributed by atoms with E-state index in [1.54, 1.807) is 0 Å². The van der Waals surface area contributed by atoms with Crippen molar-refractivity contribution >= 4 is 5.71 Å². The van der Waals surface area contributed by atoms with E-state index >= 15 is 0 Å². The molecule has 1 saturated heterocycles. The molecule has 0 amide bonds. The van der Waals surface area contributed by atoms with Crippen LogP contribution in [0.4, 0.5) is 0 Å². The molecule has 0 radical (unpaired) electrons. The molecule has 0 aromatic rings. The average molecular weight is 229 g/mol. The molecule has 92 valence electrons. The van der Waals surface area contributed by atoms with E-state index in [9.17, 15) is 0 Å². The van der Waals surface area contributed by atoms with Crippen LogP contribution in [0.25, 0.3) is 0 Å². The zero-order valence-corrected chi connectivity index (χ0v) is 9.72. The number of nitrogens with zero attached hydrogens (tertiary/aromatic N) is 1. The standard InChI is InChI=1S/C11H19NO4/c1-11(2)15-8-6-12-7(10(8)16-11)4-3-5-9(13)14/h8-10,13-14H,3-6H2,1-2H3. The molecule has 0 bridgehead atoms. The highest BCUT2D eigenvalue weighted by atomic mass is 16.8. The van der Waals surface area contributed by atoms with Gasteiger partial charge in [-0.05, 0) is 33.1 Å². The van der Waals surface area contributed by atoms with Gasteiger partial charge >= 0.3 is 0 Å². The number of aliphatic hydroxyl groups excluding tert-OH is 1. The quantitative estimate of drug-likeness (QED) is 0.686. The van der Waals surface area contributed by atoms with Gasteiger partial charge in [0, 0.05) is 5.71 Å². The lowest BCUT2D eigenvalue weighted by molar-refractivity contribution is -0.142. The van der Waals surface area contributed by atoms with E-state index in [-0.39, 0.29) is 12.2 Å². The van der Waals surface area contributed by atoms with Crippen molar-refractivity contribution in [2.75, 3.05) is 6.54 Å². The minimum atomic E-state index is -1.23. The third kappa shape index (κ3) is 2.60. The maximum absolute atomic E-state index is 8.76. The first-order valence-corrected chi connectivity index (χ1v) is 5.73. The maximum atomic E-state index is 8.76. The van der Waals surface area contributed by atoms with E-state index in [2.05, 4.69) is 4.99 Å². The highest BCUT2D eigenvalue weighted by Crippen LogP contribution is 2.33. The van der Waals surface area contributed by atoms with Crippen LogP contribution in [0, 0.1) is 0 Å². The van der Waals surface area contributed by atoms with Crippen LogP contribution >= 0.6 is 0 Å². The molecule has 2 atom stereocenters. The van der Waals surface area contributed by atoms with Gasteiger partial charge in [0.15, 0.2) is 12.1 Å². The molecule has 0 saturated carbocycles. The van der Waals surface area contributed by atoms with E-state index in [0.717, 1.165) is 12.1 Å². The monoisotopic (exact) mass is 229 g/mol. The van der Waals surface area contributed by atoms with Gasteiger partial charge in [-0.2, -0.15) is 0 Å². The molecule has 2 unspecified atom stereocenters. The van der Waals surface area contributed by atoms with Crippen molar-refractivity contribution in [2.24, 2.45) is 4.99 Å². The summed E-state index contributed by atoms with van der Waals surface area (Å²) in [6.07, 6.45) is 0.618. The van der Waals surface area contributed by atoms with Crippen LogP contribution in [-0.4, -0.2) is 46.8 Å². The van der Waals surface area contributed by atoms with Crippen LogP contribution in [0.15, 0.2) is 4.99 Å². The number of aliphatic hydroxyl groups is 2. The van der Waals surface area contributed by atoms with Crippen molar-refractivity contribution in [1.29, 1.82) is 0 Å². The number of aliphatic imine (C=N–C) groups is 1. The Kier molecular flexibility index (Phi) is 3.30. The second-order valence-electron chi connectivity index (χ2n) is 4.80. The summed E-state index contributed by atoms with van der Waals surface area (Å²) in [6.45, 7) is 4.46. The fourth-order valence-corrected chi connectivity index (χ4v) is 2.24. The molecular weight excluding hydrogens is 210 g/mol. The summed E-state index contributed by atoms with van der Waals surface area (Å²) >= 11 is 0. The summed E-state index contributed by atoms with van der Waals surface area (Å²) < 4.78 is 11.5. The summed E-state index contributed by atoms with van der Waals surface area (Å²) in [5.74, 6) is -0.521. The summed E-state index contributed by atoms with van der Waals surface area (Å²) in [7, 11) is 0. The normalized spacial score (nSPS) is 31.9. The lowest BCUT2D eigenvalue weighted by atomic mass is 10.1. The third-order valence-corrected chi connectivity index (χ3v) is 2.88. The van der Waals surface area contributed by atoms with Gasteiger partial charge in [0.2, 0.25) is 0 Å². The van der Waals surface area contributed by atoms with Crippen LogP contribution in [0.2, 0.25) is 0 Å². The molecule has 2 rings (SSSR count). The Labute approximate surface area is 95.1 Å². The zero-order chi connectivity index (χ0) is 11.8. The zero-order valence-electron chi connectivity index (χ0n) is 9.72. The minimum absolute atomic E-state index is 0.0363. The molecule has 2 heterocycles. The molecule has 0 spiro atoms. The highest BCUT2D eigenvalue weighted by Gasteiger charge is 2.46. The van der Waals surface area contributed by atoms with Gasteiger partial charge < -0.3 is 19.7 Å². The van der Waals surface area contributed by atoms with Crippen LogP contribution in [0.3, 0.4) is 0 Å². The van der Waals surface area contributed by atoms with Crippen molar-refractivity contribution in [1.82, 2.24) is 0 Å². The molecule has 5 heteroatoms. The predicted octanol–water partition coefficient (Wildman–Crippen LogP) is 0.442. The molecular formula is C11H19NO4. The lowest BCUT2D eigenvalue weighted by Gasteiger charge is -2.18. The average Bonchev–Trinajstić information content (AvgIpc) is 2.62. The van der Waals surface area contributed by atoms with E-state index in [4.69, 9.17) is 19.7 Å². The second-order valence-corrected chi connectivity index (χ2v) is 4.80. The van der Waals surface area contributed by atoms with Crippen LogP contribution in [0.5, 0.6) is 0 Å². The maximum Gasteiger partial charge on any atom is 0.164 e. The number of hydrogen-bond donors (Lipinski definition) is 2. The van der Waals surface area contributed by atoms with Gasteiger partial charge in [-0.1, -0.05) is 0 Å². The fourth-order valence-electron chi connectivity index (χ4n) is 2.24. The lowest BCUT2D eigenvalue weighted by Crippen LogP contribution is -2.27. The van der Waals surface area contributed by atoms with Crippen molar-refractivity contribution in [3.05, 3.63) is 0 Å². The summed E-state index contributed by atoms with van der Waals surface area (Å²) in [6, 6.07) is 0. The molecule has 5 nitrogen and oxygen atoms in total. The molecule has 2 N–H and O–H groups in total. The Balaban J connectivity index is 1.84. The van der Waals surface area contributed by atoms with Gasteiger partial charge in [0.25, 0.3) is 0 Å². The van der Waals surface area contributed by atoms with Crippen molar-refractivity contribution in [3.8, 4) is 0 Å². The van der Waals surface area contributed by atoms with E-state index in [1.807, 2.05) is 13.8 Å². The van der Waals surface area contributed by atoms with Gasteiger partial charge in [-0.25, -0.2) is 0 Å². The van der Waals surface area contributed by atoms with Gasteiger partial charge in [0.1, 0.15) is 12.2 Å². The molecule has 1 fully saturated rings. The number of hydrogen-bond acceptors (Lipinski definition) is 5. The van der Waals surface area contributed by atoms with Crippen molar-refractivity contribution in [2.45, 2.75) is 57.4 Å². The molecule has 16 heavy (non-hydrogen) atoms. The third-order valence-electron chi connectivity index (χ3n) is 2.88. The second kappa shape index (κ2) is 4.41. The first-order valence-electron chi connectivity index (χ1n) is 5.73. The van der Waals surface area contributed by atoms with Gasteiger partial charge in [-0.3, -0.25) is 4.99 Å². The molecule has 0 aromatic heterocycles. The van der Waals surface area contributed by atoms with E-state index in [1.165, 1.54) is 0 Å². The van der Waals surface area contributed by atoms with Crippen LogP contribution in [0.1, 0.15) is 33.1 Å². The van der Waals surface area contributed by atoms with Crippen LogP contribution in [-0.2, 0) is 9.47 Å². The van der Waals surface area contributed by atoms with Gasteiger partial charge in [-0.15, -0.1) is 0 Å². The summed E-state index contributed by atoms with van der Waals surface area (Å²) in [5.41, 5.74) is 0.997. The highest BCUT2D eigenvalue weighted by molar-refractivity contribution is 5.91. The topological polar surface area (TPSA) is 71.3 Å². The first-order chi connectivity index (χ1) is 7.48. The number of rotatable bonds is 4. The minimum Gasteiger partial charge on any atom is -0.368 e.